The van der Waals surface area contributed by atoms with Crippen molar-refractivity contribution in [1.82, 2.24) is 15.6 Å². The second-order valence-electron chi connectivity index (χ2n) is 8.01. The number of aromatic nitrogens is 1. The minimum absolute atomic E-state index is 0. The van der Waals surface area contributed by atoms with E-state index in [-0.39, 0.29) is 29.4 Å². The molecule has 2 aromatic rings. The lowest BCUT2D eigenvalue weighted by atomic mass is 9.94. The van der Waals surface area contributed by atoms with E-state index >= 15 is 0 Å². The molecule has 1 heterocycles. The Balaban J connectivity index is 0.00000261. The van der Waals surface area contributed by atoms with E-state index in [9.17, 15) is 0 Å². The first-order valence-corrected chi connectivity index (χ1v) is 9.44. The molecule has 0 bridgehead atoms. The molecule has 0 spiro atoms. The second kappa shape index (κ2) is 9.08. The summed E-state index contributed by atoms with van der Waals surface area (Å²) < 4.78 is 5.83. The van der Waals surface area contributed by atoms with Gasteiger partial charge < -0.3 is 15.1 Å². The highest BCUT2D eigenvalue weighted by Crippen LogP contribution is 2.42. The van der Waals surface area contributed by atoms with Crippen LogP contribution in [0.15, 0.2) is 39.9 Å². The summed E-state index contributed by atoms with van der Waals surface area (Å²) in [6.07, 6.45) is 2.95. The summed E-state index contributed by atoms with van der Waals surface area (Å²) in [5, 5.41) is 6.86. The zero-order valence-electron chi connectivity index (χ0n) is 16.9. The van der Waals surface area contributed by atoms with Gasteiger partial charge in [-0.15, -0.1) is 24.0 Å². The first-order chi connectivity index (χ1) is 12.4. The number of nitrogens with zero attached hydrogens (tertiary/aromatic N) is 2. The Kier molecular flexibility index (Phi) is 7.31. The molecule has 1 aromatic heterocycles. The molecule has 2 N–H and O–H groups in total. The highest BCUT2D eigenvalue weighted by Gasteiger charge is 2.39. The fraction of sp³-hybridized carbons (Fsp3) is 0.524. The third-order valence-corrected chi connectivity index (χ3v) is 4.71. The van der Waals surface area contributed by atoms with Crippen LogP contribution in [-0.2, 0) is 12.0 Å². The lowest BCUT2D eigenvalue weighted by molar-refractivity contribution is 0.383. The van der Waals surface area contributed by atoms with E-state index in [1.165, 1.54) is 11.1 Å². The van der Waals surface area contributed by atoms with Crippen LogP contribution in [-0.4, -0.2) is 23.5 Å². The Morgan fingerprint density at radius 1 is 1.30 bits per heavy atom. The third kappa shape index (κ3) is 5.70. The summed E-state index contributed by atoms with van der Waals surface area (Å²) >= 11 is 0. The van der Waals surface area contributed by atoms with Gasteiger partial charge in [-0.3, -0.25) is 0 Å². The number of halogens is 1. The normalized spacial score (nSPS) is 19.4. The summed E-state index contributed by atoms with van der Waals surface area (Å²) in [7, 11) is 0. The number of hydrogen-bond donors (Lipinski definition) is 2. The molecule has 2 atom stereocenters. The number of guanidine groups is 1. The van der Waals surface area contributed by atoms with Gasteiger partial charge in [-0.05, 0) is 31.4 Å². The van der Waals surface area contributed by atoms with Gasteiger partial charge in [0.25, 0.3) is 0 Å². The minimum Gasteiger partial charge on any atom is -0.443 e. The third-order valence-electron chi connectivity index (χ3n) is 4.71. The van der Waals surface area contributed by atoms with Crippen molar-refractivity contribution < 1.29 is 4.42 Å². The summed E-state index contributed by atoms with van der Waals surface area (Å²) in [6, 6.07) is 9.05. The average Bonchev–Trinajstić information content (AvgIpc) is 3.15. The Morgan fingerprint density at radius 2 is 2.04 bits per heavy atom. The lowest BCUT2D eigenvalue weighted by Crippen LogP contribution is -2.39. The number of oxazole rings is 1. The number of rotatable bonds is 5. The van der Waals surface area contributed by atoms with Gasteiger partial charge in [-0.1, -0.05) is 45.0 Å². The zero-order chi connectivity index (χ0) is 18.7. The van der Waals surface area contributed by atoms with Crippen LogP contribution in [0.2, 0.25) is 0 Å². The topological polar surface area (TPSA) is 62.5 Å². The molecular weight excluding hydrogens is 451 g/mol. The van der Waals surface area contributed by atoms with Crippen molar-refractivity contribution in [2.75, 3.05) is 6.54 Å². The fourth-order valence-corrected chi connectivity index (χ4v) is 3.07. The van der Waals surface area contributed by atoms with Crippen LogP contribution in [0.5, 0.6) is 0 Å². The van der Waals surface area contributed by atoms with Crippen LogP contribution in [0, 0.1) is 6.92 Å². The van der Waals surface area contributed by atoms with Gasteiger partial charge in [0.05, 0.1) is 6.20 Å². The second-order valence-corrected chi connectivity index (χ2v) is 8.01. The van der Waals surface area contributed by atoms with E-state index in [4.69, 9.17) is 4.42 Å². The van der Waals surface area contributed by atoms with Gasteiger partial charge in [0.1, 0.15) is 12.3 Å². The molecule has 1 saturated carbocycles. The van der Waals surface area contributed by atoms with E-state index in [1.54, 1.807) is 6.20 Å². The van der Waals surface area contributed by atoms with Crippen molar-refractivity contribution in [2.45, 2.75) is 65.0 Å². The predicted octanol–water partition coefficient (Wildman–Crippen LogP) is 4.51. The van der Waals surface area contributed by atoms with Crippen molar-refractivity contribution in [3.63, 3.8) is 0 Å². The highest BCUT2D eigenvalue weighted by molar-refractivity contribution is 14.0. The van der Waals surface area contributed by atoms with Crippen molar-refractivity contribution in [1.29, 1.82) is 0 Å². The quantitative estimate of drug-likeness (QED) is 0.374. The van der Waals surface area contributed by atoms with Gasteiger partial charge in [-0.2, -0.15) is 0 Å². The van der Waals surface area contributed by atoms with Crippen LogP contribution in [0.4, 0.5) is 0 Å². The van der Waals surface area contributed by atoms with E-state index in [0.29, 0.717) is 24.4 Å². The number of aliphatic imine (C=N–C) groups is 1. The maximum atomic E-state index is 5.83. The predicted molar refractivity (Wildman–Crippen MR) is 121 cm³/mol. The summed E-state index contributed by atoms with van der Waals surface area (Å²) in [5.41, 5.74) is 2.76. The minimum atomic E-state index is -0.0352. The first kappa shape index (κ1) is 21.7. The molecule has 0 saturated heterocycles. The van der Waals surface area contributed by atoms with E-state index in [2.05, 4.69) is 79.5 Å². The number of nitrogens with one attached hydrogen (secondary N) is 2. The van der Waals surface area contributed by atoms with Crippen LogP contribution in [0.25, 0.3) is 0 Å². The molecule has 1 fully saturated rings. The van der Waals surface area contributed by atoms with Crippen molar-refractivity contribution in [3.8, 4) is 0 Å². The summed E-state index contributed by atoms with van der Waals surface area (Å²) in [6.45, 7) is 11.9. The number of benzene rings is 1. The molecular formula is C21H31IN4O. The van der Waals surface area contributed by atoms with Crippen molar-refractivity contribution >= 4 is 29.9 Å². The molecule has 0 aliphatic heterocycles. The average molecular weight is 482 g/mol. The molecule has 1 aromatic carbocycles. The molecule has 6 heteroatoms. The maximum absolute atomic E-state index is 5.83. The monoisotopic (exact) mass is 482 g/mol. The van der Waals surface area contributed by atoms with Gasteiger partial charge >= 0.3 is 0 Å². The number of aryl methyl sites for hydroxylation is 1. The lowest BCUT2D eigenvalue weighted by Gasteiger charge is -2.13. The molecule has 0 amide bonds. The molecule has 0 radical (unpaired) electrons. The maximum Gasteiger partial charge on any atom is 0.216 e. The fourth-order valence-electron chi connectivity index (χ4n) is 3.07. The molecule has 148 valence electrons. The van der Waals surface area contributed by atoms with Crippen molar-refractivity contribution in [2.24, 2.45) is 4.99 Å². The van der Waals surface area contributed by atoms with Crippen molar-refractivity contribution in [3.05, 3.63) is 53.2 Å². The molecule has 5 nitrogen and oxygen atoms in total. The van der Waals surface area contributed by atoms with E-state index in [0.717, 1.165) is 24.7 Å². The zero-order valence-corrected chi connectivity index (χ0v) is 19.2. The van der Waals surface area contributed by atoms with Crippen LogP contribution in [0.3, 0.4) is 0 Å². The summed E-state index contributed by atoms with van der Waals surface area (Å²) in [5.74, 6) is 2.93. The SMILES string of the molecule is CCNC(=NCc1ncc(C(C)(C)C)o1)NC1CC1c1ccccc1C.I. The van der Waals surface area contributed by atoms with E-state index in [1.807, 2.05) is 0 Å². The van der Waals surface area contributed by atoms with Gasteiger partial charge in [-0.25, -0.2) is 9.98 Å². The Morgan fingerprint density at radius 3 is 2.67 bits per heavy atom. The highest BCUT2D eigenvalue weighted by atomic mass is 127. The molecule has 1 aliphatic carbocycles. The number of hydrogen-bond acceptors (Lipinski definition) is 3. The Labute approximate surface area is 179 Å². The van der Waals surface area contributed by atoms with Crippen LogP contribution in [0.1, 0.15) is 62.8 Å². The Hall–Kier alpha value is -1.57. The largest absolute Gasteiger partial charge is 0.443 e. The van der Waals surface area contributed by atoms with Gasteiger partial charge in [0.15, 0.2) is 5.96 Å². The molecule has 2 unspecified atom stereocenters. The van der Waals surface area contributed by atoms with Gasteiger partial charge in [0, 0.05) is 23.9 Å². The molecule has 1 aliphatic rings. The molecule has 27 heavy (non-hydrogen) atoms. The van der Waals surface area contributed by atoms with E-state index < -0.39 is 0 Å². The summed E-state index contributed by atoms with van der Waals surface area (Å²) in [4.78, 5) is 9.00. The standard InChI is InChI=1S/C21H30N4O.HI/c1-6-22-20(24-13-19-23-12-18(26-19)21(3,4)5)25-17-11-16(17)15-10-8-7-9-14(15)2;/h7-10,12,16-17H,6,11,13H2,1-5H3,(H2,22,24,25);1H. The smallest absolute Gasteiger partial charge is 0.216 e. The van der Waals surface area contributed by atoms with Crippen LogP contribution < -0.4 is 10.6 Å². The Bertz CT molecular complexity index is 778. The van der Waals surface area contributed by atoms with Gasteiger partial charge in [0.2, 0.25) is 5.89 Å². The first-order valence-electron chi connectivity index (χ1n) is 9.44. The molecule has 3 rings (SSSR count). The van der Waals surface area contributed by atoms with Crippen LogP contribution >= 0.6 is 24.0 Å².